The summed E-state index contributed by atoms with van der Waals surface area (Å²) in [4.78, 5) is 9.89. The predicted octanol–water partition coefficient (Wildman–Crippen LogP) is 1.65. The van der Waals surface area contributed by atoms with E-state index in [-0.39, 0.29) is 12.0 Å². The van der Waals surface area contributed by atoms with Crippen LogP contribution < -0.4 is 0 Å². The van der Waals surface area contributed by atoms with Crippen LogP contribution in [0.3, 0.4) is 0 Å². The molecule has 15 heavy (non-hydrogen) atoms. The van der Waals surface area contributed by atoms with Gasteiger partial charge in [0, 0.05) is 0 Å². The number of aldehydes is 1. The smallest absolute Gasteiger partial charge is 0.290 e. The van der Waals surface area contributed by atoms with Crippen molar-refractivity contribution in [3.63, 3.8) is 0 Å². The summed E-state index contributed by atoms with van der Waals surface area (Å²) in [5.41, 5.74) is -0.209. The fourth-order valence-corrected chi connectivity index (χ4v) is 1.43. The number of carbonyl (C=O) groups excluding carboxylic acids is 1. The van der Waals surface area contributed by atoms with E-state index in [2.05, 4.69) is 0 Å². The molecule has 0 aliphatic heterocycles. The molecule has 0 heterocycles. The van der Waals surface area contributed by atoms with Gasteiger partial charge in [0.2, 0.25) is 0 Å². The van der Waals surface area contributed by atoms with Gasteiger partial charge in [-0.25, -0.2) is 0 Å². The maximum Gasteiger partial charge on any atom is 0.290 e. The van der Waals surface area contributed by atoms with Gasteiger partial charge in [-0.2, -0.15) is 8.42 Å². The Morgan fingerprint density at radius 2 is 1.73 bits per heavy atom. The lowest BCUT2D eigenvalue weighted by Gasteiger charge is -2.16. The first-order valence-corrected chi connectivity index (χ1v) is 5.92. The Balaban J connectivity index is 4.26. The molecule has 0 atom stereocenters. The lowest BCUT2D eigenvalue weighted by Crippen LogP contribution is -2.17. The first-order chi connectivity index (χ1) is 6.77. The molecule has 5 heteroatoms. The highest BCUT2D eigenvalue weighted by atomic mass is 32.2. The van der Waals surface area contributed by atoms with E-state index in [9.17, 15) is 13.2 Å². The van der Waals surface area contributed by atoms with Crippen molar-refractivity contribution in [1.82, 2.24) is 0 Å². The van der Waals surface area contributed by atoms with Gasteiger partial charge in [0.1, 0.15) is 6.29 Å². The van der Waals surface area contributed by atoms with Crippen LogP contribution >= 0.6 is 0 Å². The van der Waals surface area contributed by atoms with E-state index < -0.39 is 10.1 Å². The molecule has 86 valence electrons. The zero-order valence-electron chi connectivity index (χ0n) is 9.14. The van der Waals surface area contributed by atoms with Gasteiger partial charge in [0.25, 0.3) is 10.1 Å². The van der Waals surface area contributed by atoms with Gasteiger partial charge in [-0.1, -0.05) is 26.8 Å². The summed E-state index contributed by atoms with van der Waals surface area (Å²) in [5, 5.41) is 0.915. The number of rotatable bonds is 5. The summed E-state index contributed by atoms with van der Waals surface area (Å²) < 4.78 is 27.2. The molecule has 0 saturated heterocycles. The van der Waals surface area contributed by atoms with Crippen LogP contribution in [0.25, 0.3) is 0 Å². The predicted molar refractivity (Wildman–Crippen MR) is 58.7 cm³/mol. The molecule has 0 aliphatic carbocycles. The highest BCUT2D eigenvalue weighted by Gasteiger charge is 2.15. The van der Waals surface area contributed by atoms with Crippen LogP contribution in [0.5, 0.6) is 0 Å². The molecule has 0 spiro atoms. The monoisotopic (exact) mass is 232 g/mol. The normalized spacial score (nSPS) is 13.8. The molecule has 0 saturated carbocycles. The summed E-state index contributed by atoms with van der Waals surface area (Å²) in [5.74, 6) is 0. The first kappa shape index (κ1) is 14.1. The zero-order valence-corrected chi connectivity index (χ0v) is 9.95. The minimum Gasteiger partial charge on any atom is -0.299 e. The third-order valence-corrected chi connectivity index (χ3v) is 2.14. The quantitative estimate of drug-likeness (QED) is 0.313. The topological polar surface area (TPSA) is 60.4 Å². The third-order valence-electron chi connectivity index (χ3n) is 1.20. The molecule has 0 bridgehead atoms. The van der Waals surface area contributed by atoms with Crippen LogP contribution in [0.2, 0.25) is 0 Å². The van der Waals surface area contributed by atoms with Crippen molar-refractivity contribution < 1.29 is 17.4 Å². The fraction of sp³-hybridized carbons (Fsp3) is 0.500. The Morgan fingerprint density at radius 1 is 1.13 bits per heavy atom. The van der Waals surface area contributed by atoms with Crippen LogP contribution in [0.4, 0.5) is 0 Å². The lowest BCUT2D eigenvalue weighted by molar-refractivity contribution is -0.104. The zero-order chi connectivity index (χ0) is 11.9. The molecule has 0 aliphatic rings. The maximum absolute atomic E-state index is 11.2. The molecule has 0 radical (unpaired) electrons. The van der Waals surface area contributed by atoms with Gasteiger partial charge in [0.15, 0.2) is 0 Å². The minimum absolute atomic E-state index is 0.122. The van der Waals surface area contributed by atoms with Crippen molar-refractivity contribution in [3.8, 4) is 0 Å². The summed E-state index contributed by atoms with van der Waals surface area (Å²) >= 11 is 0. The van der Waals surface area contributed by atoms with Gasteiger partial charge >= 0.3 is 0 Å². The van der Waals surface area contributed by atoms with Crippen LogP contribution in [-0.4, -0.2) is 21.3 Å². The number of allylic oxidation sites excluding steroid dienone is 3. The molecular weight excluding hydrogens is 216 g/mol. The number of carbonyl (C=O) groups is 1. The molecule has 4 nitrogen and oxygen atoms in total. The molecule has 0 unspecified atom stereocenters. The van der Waals surface area contributed by atoms with E-state index in [1.54, 1.807) is 0 Å². The third kappa shape index (κ3) is 9.37. The second-order valence-electron chi connectivity index (χ2n) is 4.17. The van der Waals surface area contributed by atoms with E-state index in [4.69, 9.17) is 4.18 Å². The second kappa shape index (κ2) is 5.82. The standard InChI is InChI=1S/C10H16O4S/c1-10(2,3)9-14-15(12,13)8-6-4-5-7-11/h4-8H,9H2,1-3H3/b5-4-,8-6-. The molecule has 0 aromatic carbocycles. The van der Waals surface area contributed by atoms with E-state index in [1.807, 2.05) is 20.8 Å². The Labute approximate surface area is 90.8 Å². The van der Waals surface area contributed by atoms with Crippen molar-refractivity contribution in [2.24, 2.45) is 5.41 Å². The molecule has 0 N–H and O–H groups in total. The van der Waals surface area contributed by atoms with Crippen LogP contribution in [0.1, 0.15) is 20.8 Å². The molecule has 0 fully saturated rings. The highest BCUT2D eigenvalue weighted by Crippen LogP contribution is 2.14. The van der Waals surface area contributed by atoms with Gasteiger partial charge in [-0.05, 0) is 17.6 Å². The highest BCUT2D eigenvalue weighted by molar-refractivity contribution is 7.89. The average Bonchev–Trinajstić information content (AvgIpc) is 2.09. The van der Waals surface area contributed by atoms with Crippen LogP contribution in [0.15, 0.2) is 23.6 Å². The van der Waals surface area contributed by atoms with Gasteiger partial charge in [0.05, 0.1) is 12.0 Å². The van der Waals surface area contributed by atoms with E-state index >= 15 is 0 Å². The molecule has 0 rings (SSSR count). The maximum atomic E-state index is 11.2. The summed E-state index contributed by atoms with van der Waals surface area (Å²) in [6.07, 6.45) is 4.32. The van der Waals surface area contributed by atoms with Crippen molar-refractivity contribution in [2.75, 3.05) is 6.61 Å². The molecule has 0 aromatic heterocycles. The summed E-state index contributed by atoms with van der Waals surface area (Å²) in [7, 11) is -3.64. The van der Waals surface area contributed by atoms with Crippen LogP contribution in [-0.2, 0) is 19.1 Å². The number of hydrogen-bond acceptors (Lipinski definition) is 4. The van der Waals surface area contributed by atoms with Gasteiger partial charge < -0.3 is 0 Å². The van der Waals surface area contributed by atoms with Gasteiger partial charge in [-0.3, -0.25) is 8.98 Å². The Hall–Kier alpha value is -0.940. The number of hydrogen-bond donors (Lipinski definition) is 0. The summed E-state index contributed by atoms with van der Waals surface area (Å²) in [6, 6.07) is 0. The van der Waals surface area contributed by atoms with E-state index in [0.29, 0.717) is 6.29 Å². The van der Waals surface area contributed by atoms with Crippen LogP contribution in [0, 0.1) is 5.41 Å². The van der Waals surface area contributed by atoms with Crippen molar-refractivity contribution in [1.29, 1.82) is 0 Å². The Morgan fingerprint density at radius 3 is 2.20 bits per heavy atom. The van der Waals surface area contributed by atoms with Crippen molar-refractivity contribution >= 4 is 16.4 Å². The molecule has 0 amide bonds. The van der Waals surface area contributed by atoms with Gasteiger partial charge in [-0.15, -0.1) is 0 Å². The Bertz CT molecular complexity index is 344. The first-order valence-electron chi connectivity index (χ1n) is 4.45. The average molecular weight is 232 g/mol. The summed E-state index contributed by atoms with van der Waals surface area (Å²) in [6.45, 7) is 5.74. The fourth-order valence-electron chi connectivity index (χ4n) is 0.549. The Kier molecular flexibility index (Phi) is 5.46. The van der Waals surface area contributed by atoms with E-state index in [0.717, 1.165) is 5.41 Å². The van der Waals surface area contributed by atoms with Crippen molar-refractivity contribution in [2.45, 2.75) is 20.8 Å². The lowest BCUT2D eigenvalue weighted by atomic mass is 9.99. The minimum atomic E-state index is -3.64. The van der Waals surface area contributed by atoms with Crippen molar-refractivity contribution in [3.05, 3.63) is 23.6 Å². The molecular formula is C10H16O4S. The van der Waals surface area contributed by atoms with E-state index in [1.165, 1.54) is 18.2 Å². The SMILES string of the molecule is CC(C)(C)COS(=O)(=O)/C=C\C=C/C=O. The largest absolute Gasteiger partial charge is 0.299 e. The molecule has 0 aromatic rings. The second-order valence-corrected chi connectivity index (χ2v) is 5.66.